The lowest BCUT2D eigenvalue weighted by Gasteiger charge is -2.30. The quantitative estimate of drug-likeness (QED) is 0.782. The van der Waals surface area contributed by atoms with Gasteiger partial charge in [-0.3, -0.25) is 0 Å². The molecule has 2 unspecified atom stereocenters. The summed E-state index contributed by atoms with van der Waals surface area (Å²) in [7, 11) is 1.66. The van der Waals surface area contributed by atoms with Crippen LogP contribution in [0.4, 0.5) is 4.79 Å². The highest BCUT2D eigenvalue weighted by atomic mass is 16.6. The normalized spacial score (nSPS) is 24.0. The van der Waals surface area contributed by atoms with Gasteiger partial charge >= 0.3 is 6.09 Å². The Bertz CT molecular complexity index is 275. The summed E-state index contributed by atoms with van der Waals surface area (Å²) in [5, 5.41) is 2.92. The average Bonchev–Trinajstić information content (AvgIpc) is 2.27. The van der Waals surface area contributed by atoms with Crippen LogP contribution in [-0.4, -0.2) is 44.2 Å². The molecule has 5 heteroatoms. The SMILES string of the molecule is COCCOC1CCCC(NC(=O)OC(C)(C)C)C1. The second-order valence-corrected chi connectivity index (χ2v) is 6.00. The van der Waals surface area contributed by atoms with Crippen LogP contribution in [0.2, 0.25) is 0 Å². The monoisotopic (exact) mass is 273 g/mol. The molecule has 0 radical (unpaired) electrons. The van der Waals surface area contributed by atoms with Gasteiger partial charge in [0, 0.05) is 13.2 Å². The largest absolute Gasteiger partial charge is 0.444 e. The number of amides is 1. The molecule has 0 spiro atoms. The predicted octanol–water partition coefficient (Wildman–Crippen LogP) is 2.49. The van der Waals surface area contributed by atoms with Crippen LogP contribution in [0, 0.1) is 0 Å². The van der Waals surface area contributed by atoms with Crippen molar-refractivity contribution in [3.8, 4) is 0 Å². The minimum atomic E-state index is -0.451. The molecule has 0 aromatic carbocycles. The van der Waals surface area contributed by atoms with E-state index < -0.39 is 5.60 Å². The third-order valence-electron chi connectivity index (χ3n) is 2.99. The molecule has 2 atom stereocenters. The number of ether oxygens (including phenoxy) is 3. The molecule has 1 rings (SSSR count). The zero-order valence-electron chi connectivity index (χ0n) is 12.5. The summed E-state index contributed by atoms with van der Waals surface area (Å²) in [6, 6.07) is 0.149. The van der Waals surface area contributed by atoms with E-state index in [4.69, 9.17) is 14.2 Å². The summed E-state index contributed by atoms with van der Waals surface area (Å²) in [5.41, 5.74) is -0.451. The Hall–Kier alpha value is -0.810. The van der Waals surface area contributed by atoms with Gasteiger partial charge in [-0.15, -0.1) is 0 Å². The maximum absolute atomic E-state index is 11.7. The van der Waals surface area contributed by atoms with E-state index in [-0.39, 0.29) is 18.2 Å². The van der Waals surface area contributed by atoms with Crippen molar-refractivity contribution < 1.29 is 19.0 Å². The molecular formula is C14H27NO4. The van der Waals surface area contributed by atoms with Gasteiger partial charge in [0.05, 0.1) is 19.3 Å². The first-order valence-electron chi connectivity index (χ1n) is 7.01. The minimum absolute atomic E-state index is 0.149. The molecule has 1 fully saturated rings. The first kappa shape index (κ1) is 16.2. The van der Waals surface area contributed by atoms with Gasteiger partial charge in [0.1, 0.15) is 5.60 Å². The molecular weight excluding hydrogens is 246 g/mol. The lowest BCUT2D eigenvalue weighted by molar-refractivity contribution is -0.00819. The second kappa shape index (κ2) is 7.70. The van der Waals surface area contributed by atoms with Gasteiger partial charge in [-0.25, -0.2) is 4.79 Å². The molecule has 1 aliphatic carbocycles. The van der Waals surface area contributed by atoms with Crippen molar-refractivity contribution >= 4 is 6.09 Å². The van der Waals surface area contributed by atoms with Crippen LogP contribution in [-0.2, 0) is 14.2 Å². The van der Waals surface area contributed by atoms with Crippen LogP contribution < -0.4 is 5.32 Å². The van der Waals surface area contributed by atoms with Crippen LogP contribution in [0.1, 0.15) is 46.5 Å². The third-order valence-corrected chi connectivity index (χ3v) is 2.99. The maximum Gasteiger partial charge on any atom is 0.407 e. The molecule has 0 aromatic heterocycles. The minimum Gasteiger partial charge on any atom is -0.444 e. The first-order valence-corrected chi connectivity index (χ1v) is 7.01. The summed E-state index contributed by atoms with van der Waals surface area (Å²) < 4.78 is 15.9. The standard InChI is InChI=1S/C14H27NO4/c1-14(2,3)19-13(16)15-11-6-5-7-12(10-11)18-9-8-17-4/h11-12H,5-10H2,1-4H3,(H,15,16). The fourth-order valence-electron chi connectivity index (χ4n) is 2.20. The number of hydrogen-bond donors (Lipinski definition) is 1. The van der Waals surface area contributed by atoms with Gasteiger partial charge in [0.15, 0.2) is 0 Å². The molecule has 1 aliphatic rings. The number of alkyl carbamates (subject to hydrolysis) is 1. The Balaban J connectivity index is 2.28. The molecule has 1 amide bonds. The highest BCUT2D eigenvalue weighted by Gasteiger charge is 2.25. The van der Waals surface area contributed by atoms with Crippen molar-refractivity contribution in [1.29, 1.82) is 0 Å². The fraction of sp³-hybridized carbons (Fsp3) is 0.929. The molecule has 5 nitrogen and oxygen atoms in total. The van der Waals surface area contributed by atoms with E-state index >= 15 is 0 Å². The van der Waals surface area contributed by atoms with Gasteiger partial charge < -0.3 is 19.5 Å². The zero-order valence-corrected chi connectivity index (χ0v) is 12.5. The van der Waals surface area contributed by atoms with Crippen molar-refractivity contribution in [1.82, 2.24) is 5.32 Å². The summed E-state index contributed by atoms with van der Waals surface area (Å²) in [5.74, 6) is 0. The third kappa shape index (κ3) is 7.38. The number of carbonyl (C=O) groups is 1. The van der Waals surface area contributed by atoms with Gasteiger partial charge in [-0.1, -0.05) is 0 Å². The van der Waals surface area contributed by atoms with E-state index in [9.17, 15) is 4.79 Å². The van der Waals surface area contributed by atoms with Crippen molar-refractivity contribution in [3.63, 3.8) is 0 Å². The first-order chi connectivity index (χ1) is 8.90. The van der Waals surface area contributed by atoms with Crippen LogP contribution in [0.25, 0.3) is 0 Å². The maximum atomic E-state index is 11.7. The Kier molecular flexibility index (Phi) is 6.58. The average molecular weight is 273 g/mol. The number of methoxy groups -OCH3 is 1. The summed E-state index contributed by atoms with van der Waals surface area (Å²) in [4.78, 5) is 11.7. The smallest absolute Gasteiger partial charge is 0.407 e. The lowest BCUT2D eigenvalue weighted by atomic mass is 9.93. The number of carbonyl (C=O) groups excluding carboxylic acids is 1. The van der Waals surface area contributed by atoms with Crippen LogP contribution in [0.15, 0.2) is 0 Å². The van der Waals surface area contributed by atoms with Gasteiger partial charge in [0.25, 0.3) is 0 Å². The highest BCUT2D eigenvalue weighted by molar-refractivity contribution is 5.68. The number of nitrogens with one attached hydrogen (secondary N) is 1. The van der Waals surface area contributed by atoms with Crippen LogP contribution in [0.5, 0.6) is 0 Å². The molecule has 0 aliphatic heterocycles. The molecule has 0 aromatic rings. The van der Waals surface area contributed by atoms with E-state index in [1.165, 1.54) is 0 Å². The molecule has 1 N–H and O–H groups in total. The van der Waals surface area contributed by atoms with E-state index in [1.54, 1.807) is 7.11 Å². The Labute approximate surface area is 116 Å². The Morgan fingerprint density at radius 2 is 2.00 bits per heavy atom. The van der Waals surface area contributed by atoms with Gasteiger partial charge in [0.2, 0.25) is 0 Å². The summed E-state index contributed by atoms with van der Waals surface area (Å²) in [6.45, 7) is 6.82. The highest BCUT2D eigenvalue weighted by Crippen LogP contribution is 2.21. The van der Waals surface area contributed by atoms with Crippen molar-refractivity contribution in [2.24, 2.45) is 0 Å². The molecule has 112 valence electrons. The molecule has 0 heterocycles. The number of hydrogen-bond acceptors (Lipinski definition) is 4. The summed E-state index contributed by atoms with van der Waals surface area (Å²) in [6.07, 6.45) is 3.83. The van der Waals surface area contributed by atoms with E-state index in [0.29, 0.717) is 13.2 Å². The van der Waals surface area contributed by atoms with Gasteiger partial charge in [-0.2, -0.15) is 0 Å². The molecule has 0 bridgehead atoms. The summed E-state index contributed by atoms with van der Waals surface area (Å²) >= 11 is 0. The molecule has 1 saturated carbocycles. The van der Waals surface area contributed by atoms with E-state index in [2.05, 4.69) is 5.32 Å². The van der Waals surface area contributed by atoms with E-state index in [1.807, 2.05) is 20.8 Å². The van der Waals surface area contributed by atoms with Crippen molar-refractivity contribution in [2.45, 2.75) is 64.2 Å². The molecule has 19 heavy (non-hydrogen) atoms. The molecule has 0 saturated heterocycles. The van der Waals surface area contributed by atoms with Gasteiger partial charge in [-0.05, 0) is 46.5 Å². The predicted molar refractivity (Wildman–Crippen MR) is 73.2 cm³/mol. The van der Waals surface area contributed by atoms with Crippen LogP contribution >= 0.6 is 0 Å². The van der Waals surface area contributed by atoms with Crippen molar-refractivity contribution in [3.05, 3.63) is 0 Å². The number of rotatable bonds is 5. The zero-order chi connectivity index (χ0) is 14.3. The lowest BCUT2D eigenvalue weighted by Crippen LogP contribution is -2.43. The van der Waals surface area contributed by atoms with Crippen molar-refractivity contribution in [2.75, 3.05) is 20.3 Å². The second-order valence-electron chi connectivity index (χ2n) is 6.00. The Morgan fingerprint density at radius 3 is 2.63 bits per heavy atom. The fourth-order valence-corrected chi connectivity index (χ4v) is 2.20. The topological polar surface area (TPSA) is 56.8 Å². The Morgan fingerprint density at radius 1 is 1.26 bits per heavy atom. The van der Waals surface area contributed by atoms with Crippen LogP contribution in [0.3, 0.4) is 0 Å². The van der Waals surface area contributed by atoms with E-state index in [0.717, 1.165) is 25.7 Å².